The van der Waals surface area contributed by atoms with E-state index in [0.717, 1.165) is 29.4 Å². The molecule has 2 heterocycles. The SMILES string of the molecule is CC(C)(C)OC(=O)N1CC2(CCCC2)C1Nc1ccnc2ccc(F)cc12. The van der Waals surface area contributed by atoms with Gasteiger partial charge in [0.2, 0.25) is 0 Å². The molecular weight excluding hydrogens is 345 g/mol. The van der Waals surface area contributed by atoms with Gasteiger partial charge in [0.15, 0.2) is 0 Å². The van der Waals surface area contributed by atoms with E-state index in [-0.39, 0.29) is 23.5 Å². The van der Waals surface area contributed by atoms with Crippen molar-refractivity contribution >= 4 is 22.7 Å². The lowest BCUT2D eigenvalue weighted by Gasteiger charge is -2.56. The lowest BCUT2D eigenvalue weighted by atomic mass is 9.74. The maximum atomic E-state index is 13.8. The molecule has 1 aliphatic carbocycles. The normalized spacial score (nSPS) is 21.3. The van der Waals surface area contributed by atoms with Gasteiger partial charge in [0.25, 0.3) is 0 Å². The summed E-state index contributed by atoms with van der Waals surface area (Å²) in [5.74, 6) is -0.299. The zero-order valence-corrected chi connectivity index (χ0v) is 16.1. The van der Waals surface area contributed by atoms with E-state index < -0.39 is 5.60 Å². The van der Waals surface area contributed by atoms with Crippen LogP contribution >= 0.6 is 0 Å². The molecule has 5 nitrogen and oxygen atoms in total. The Kier molecular flexibility index (Phi) is 4.24. The second kappa shape index (κ2) is 6.36. The zero-order chi connectivity index (χ0) is 19.2. The highest BCUT2D eigenvalue weighted by atomic mass is 19.1. The van der Waals surface area contributed by atoms with E-state index in [4.69, 9.17) is 4.74 Å². The van der Waals surface area contributed by atoms with Gasteiger partial charge in [0.05, 0.1) is 5.52 Å². The zero-order valence-electron chi connectivity index (χ0n) is 16.1. The maximum absolute atomic E-state index is 13.8. The van der Waals surface area contributed by atoms with Crippen LogP contribution in [0.25, 0.3) is 10.9 Å². The summed E-state index contributed by atoms with van der Waals surface area (Å²) in [5.41, 5.74) is 1.06. The highest BCUT2D eigenvalue weighted by molar-refractivity contribution is 5.91. The molecule has 1 aromatic carbocycles. The largest absolute Gasteiger partial charge is 0.444 e. The molecule has 27 heavy (non-hydrogen) atoms. The number of halogens is 1. The van der Waals surface area contributed by atoms with E-state index in [1.807, 2.05) is 26.8 Å². The summed E-state index contributed by atoms with van der Waals surface area (Å²) in [7, 11) is 0. The Labute approximate surface area is 158 Å². The van der Waals surface area contributed by atoms with Crippen LogP contribution in [-0.4, -0.2) is 34.3 Å². The van der Waals surface area contributed by atoms with Crippen LogP contribution in [0.2, 0.25) is 0 Å². The van der Waals surface area contributed by atoms with Gasteiger partial charge in [-0.1, -0.05) is 12.8 Å². The number of carbonyl (C=O) groups is 1. The number of amides is 1. The molecule has 2 aliphatic rings. The number of anilines is 1. The minimum atomic E-state index is -0.535. The van der Waals surface area contributed by atoms with Crippen molar-refractivity contribution in [3.8, 4) is 0 Å². The first kappa shape index (κ1) is 18.0. The fraction of sp³-hybridized carbons (Fsp3) is 0.524. The summed E-state index contributed by atoms with van der Waals surface area (Å²) in [6.07, 6.45) is 5.77. The van der Waals surface area contributed by atoms with Gasteiger partial charge in [-0.15, -0.1) is 0 Å². The topological polar surface area (TPSA) is 54.5 Å². The van der Waals surface area contributed by atoms with Crippen LogP contribution in [0.4, 0.5) is 14.9 Å². The smallest absolute Gasteiger partial charge is 0.411 e. The van der Waals surface area contributed by atoms with Crippen molar-refractivity contribution < 1.29 is 13.9 Å². The number of aromatic nitrogens is 1. The lowest BCUT2D eigenvalue weighted by molar-refractivity contribution is -0.0668. The van der Waals surface area contributed by atoms with Crippen molar-refractivity contribution in [2.24, 2.45) is 5.41 Å². The van der Waals surface area contributed by atoms with E-state index in [9.17, 15) is 9.18 Å². The van der Waals surface area contributed by atoms with E-state index in [2.05, 4.69) is 10.3 Å². The Morgan fingerprint density at radius 1 is 1.30 bits per heavy atom. The molecule has 0 bridgehead atoms. The van der Waals surface area contributed by atoms with Crippen molar-refractivity contribution in [2.75, 3.05) is 11.9 Å². The average Bonchev–Trinajstić information content (AvgIpc) is 3.08. The first-order valence-electron chi connectivity index (χ1n) is 9.58. The molecular formula is C21H26FN3O2. The van der Waals surface area contributed by atoms with Gasteiger partial charge < -0.3 is 10.1 Å². The number of benzene rings is 1. The summed E-state index contributed by atoms with van der Waals surface area (Å²) >= 11 is 0. The minimum Gasteiger partial charge on any atom is -0.444 e. The third kappa shape index (κ3) is 3.33. The molecule has 2 fully saturated rings. The number of fused-ring (bicyclic) bond motifs is 1. The Morgan fingerprint density at radius 3 is 2.74 bits per heavy atom. The van der Waals surface area contributed by atoms with Crippen LogP contribution < -0.4 is 5.32 Å². The van der Waals surface area contributed by atoms with Gasteiger partial charge in [0, 0.05) is 29.2 Å². The number of rotatable bonds is 2. The summed E-state index contributed by atoms with van der Waals surface area (Å²) < 4.78 is 19.4. The van der Waals surface area contributed by atoms with Crippen molar-refractivity contribution in [2.45, 2.75) is 58.2 Å². The van der Waals surface area contributed by atoms with Crippen molar-refractivity contribution in [1.29, 1.82) is 0 Å². The van der Waals surface area contributed by atoms with Crippen LogP contribution in [-0.2, 0) is 4.74 Å². The Hall–Kier alpha value is -2.37. The molecule has 1 saturated heterocycles. The minimum absolute atomic E-state index is 0.0693. The lowest BCUT2D eigenvalue weighted by Crippen LogP contribution is -2.68. The van der Waals surface area contributed by atoms with E-state index in [0.29, 0.717) is 6.54 Å². The summed E-state index contributed by atoms with van der Waals surface area (Å²) in [4.78, 5) is 18.8. The predicted molar refractivity (Wildman–Crippen MR) is 103 cm³/mol. The first-order valence-corrected chi connectivity index (χ1v) is 9.58. The van der Waals surface area contributed by atoms with Crippen molar-refractivity contribution in [1.82, 2.24) is 9.88 Å². The second-order valence-electron chi connectivity index (χ2n) is 8.74. The van der Waals surface area contributed by atoms with Crippen LogP contribution in [0.3, 0.4) is 0 Å². The maximum Gasteiger partial charge on any atom is 0.411 e. The predicted octanol–water partition coefficient (Wildman–Crippen LogP) is 4.92. The number of hydrogen-bond donors (Lipinski definition) is 1. The average molecular weight is 371 g/mol. The van der Waals surface area contributed by atoms with Gasteiger partial charge in [-0.2, -0.15) is 0 Å². The fourth-order valence-electron chi connectivity index (χ4n) is 4.36. The molecule has 1 atom stereocenters. The van der Waals surface area contributed by atoms with Gasteiger partial charge in [-0.05, 0) is 57.9 Å². The molecule has 144 valence electrons. The van der Waals surface area contributed by atoms with Gasteiger partial charge in [-0.3, -0.25) is 9.88 Å². The third-order valence-corrected chi connectivity index (χ3v) is 5.60. The van der Waals surface area contributed by atoms with Gasteiger partial charge in [0.1, 0.15) is 17.6 Å². The molecule has 6 heteroatoms. The molecule has 1 unspecified atom stereocenters. The summed E-state index contributed by atoms with van der Waals surface area (Å²) in [6.45, 7) is 6.32. The molecule has 0 radical (unpaired) electrons. The van der Waals surface area contributed by atoms with Crippen LogP contribution in [0, 0.1) is 11.2 Å². The van der Waals surface area contributed by atoms with Crippen LogP contribution in [0.1, 0.15) is 46.5 Å². The second-order valence-corrected chi connectivity index (χ2v) is 8.74. The number of likely N-dealkylation sites (tertiary alicyclic amines) is 1. The van der Waals surface area contributed by atoms with Gasteiger partial charge in [-0.25, -0.2) is 9.18 Å². The highest BCUT2D eigenvalue weighted by Gasteiger charge is 2.56. The number of carbonyl (C=O) groups excluding carboxylic acids is 1. The van der Waals surface area contributed by atoms with E-state index in [1.165, 1.54) is 25.0 Å². The fourth-order valence-corrected chi connectivity index (χ4v) is 4.36. The Bertz CT molecular complexity index is 871. The number of pyridine rings is 1. The van der Waals surface area contributed by atoms with Crippen LogP contribution in [0.5, 0.6) is 0 Å². The monoisotopic (exact) mass is 371 g/mol. The molecule has 4 rings (SSSR count). The quantitative estimate of drug-likeness (QED) is 0.814. The number of ether oxygens (including phenoxy) is 1. The first-order chi connectivity index (χ1) is 12.8. The third-order valence-electron chi connectivity index (χ3n) is 5.60. The number of nitrogens with one attached hydrogen (secondary N) is 1. The number of nitrogens with zero attached hydrogens (tertiary/aromatic N) is 2. The van der Waals surface area contributed by atoms with E-state index >= 15 is 0 Å². The van der Waals surface area contributed by atoms with Gasteiger partial charge >= 0.3 is 6.09 Å². The van der Waals surface area contributed by atoms with Crippen molar-refractivity contribution in [3.63, 3.8) is 0 Å². The summed E-state index contributed by atoms with van der Waals surface area (Å²) in [6, 6.07) is 6.42. The molecule has 1 spiro atoms. The molecule has 1 N–H and O–H groups in total. The molecule has 1 amide bonds. The molecule has 2 aromatic rings. The van der Waals surface area contributed by atoms with Crippen molar-refractivity contribution in [3.05, 3.63) is 36.3 Å². The van der Waals surface area contributed by atoms with E-state index in [1.54, 1.807) is 17.2 Å². The molecule has 1 saturated carbocycles. The highest BCUT2D eigenvalue weighted by Crippen LogP contribution is 2.51. The Morgan fingerprint density at radius 2 is 2.04 bits per heavy atom. The summed E-state index contributed by atoms with van der Waals surface area (Å²) in [5, 5.41) is 4.24. The molecule has 1 aromatic heterocycles. The standard InChI is InChI=1S/C21H26FN3O2/c1-20(2,3)27-19(26)25-13-21(9-4-5-10-21)18(25)24-17-8-11-23-16-7-6-14(22)12-15(16)17/h6-8,11-12,18H,4-5,9-10,13H2,1-3H3,(H,23,24). The molecule has 1 aliphatic heterocycles. The Balaban J connectivity index is 1.64. The number of hydrogen-bond acceptors (Lipinski definition) is 4. The van der Waals surface area contributed by atoms with Crippen LogP contribution in [0.15, 0.2) is 30.5 Å².